The van der Waals surface area contributed by atoms with Gasteiger partial charge in [0.15, 0.2) is 0 Å². The van der Waals surface area contributed by atoms with Crippen LogP contribution in [-0.2, 0) is 14.3 Å². The molecule has 0 aliphatic carbocycles. The van der Waals surface area contributed by atoms with Gasteiger partial charge in [-0.25, -0.2) is 0 Å². The fourth-order valence-electron chi connectivity index (χ4n) is 1.76. The number of hydrogen-bond donors (Lipinski definition) is 0. The fourth-order valence-corrected chi connectivity index (χ4v) is 3.52. The van der Waals surface area contributed by atoms with Crippen molar-refractivity contribution in [1.29, 1.82) is 0 Å². The maximum atomic E-state index is 12.3. The van der Waals surface area contributed by atoms with E-state index in [1.54, 1.807) is 13.0 Å². The van der Waals surface area contributed by atoms with E-state index in [1.807, 2.05) is 25.3 Å². The molecule has 1 atom stereocenters. The van der Waals surface area contributed by atoms with Gasteiger partial charge in [-0.2, -0.15) is 0 Å². The van der Waals surface area contributed by atoms with Crippen molar-refractivity contribution in [3.63, 3.8) is 0 Å². The van der Waals surface area contributed by atoms with E-state index in [2.05, 4.69) is 0 Å². The third-order valence-electron chi connectivity index (χ3n) is 3.23. The smallest absolute Gasteiger partial charge is 0.326 e. The molecule has 0 radical (unpaired) electrons. The maximum Gasteiger partial charge on any atom is 0.326 e. The lowest BCUT2D eigenvalue weighted by Gasteiger charge is -2.14. The zero-order valence-corrected chi connectivity index (χ0v) is 14.3. The summed E-state index contributed by atoms with van der Waals surface area (Å²) in [5, 5.41) is 1.49. The molecule has 0 spiro atoms. The Kier molecular flexibility index (Phi) is 5.42. The van der Waals surface area contributed by atoms with E-state index in [-0.39, 0.29) is 12.6 Å². The summed E-state index contributed by atoms with van der Waals surface area (Å²) in [5.74, 6) is -1.01. The summed E-state index contributed by atoms with van der Waals surface area (Å²) in [6, 6.07) is 1.95. The molecule has 1 aromatic rings. The number of thioether (sulfide) groups is 1. The minimum Gasteiger partial charge on any atom is -0.461 e. The minimum absolute atomic E-state index is 0.225. The van der Waals surface area contributed by atoms with Crippen LogP contribution in [0.15, 0.2) is 16.4 Å². The summed E-state index contributed by atoms with van der Waals surface area (Å²) < 4.78 is 5.11. The number of aryl methyl sites for hydroxylation is 1. The van der Waals surface area contributed by atoms with Crippen LogP contribution in [-0.4, -0.2) is 34.7 Å². The van der Waals surface area contributed by atoms with Crippen LogP contribution in [0, 0.1) is 6.92 Å². The number of hydrogen-bond acceptors (Lipinski definition) is 6. The minimum atomic E-state index is -0.565. The van der Waals surface area contributed by atoms with Crippen LogP contribution in [0.1, 0.15) is 30.7 Å². The largest absolute Gasteiger partial charge is 0.461 e. The van der Waals surface area contributed by atoms with Gasteiger partial charge < -0.3 is 4.74 Å². The molecule has 0 saturated carbocycles. The van der Waals surface area contributed by atoms with Gasteiger partial charge in [-0.15, -0.1) is 11.3 Å². The van der Waals surface area contributed by atoms with Gasteiger partial charge in [0.05, 0.1) is 11.0 Å². The average molecular weight is 339 g/mol. The Morgan fingerprint density at radius 2 is 2.18 bits per heavy atom. The number of rotatable bonds is 5. The predicted octanol–water partition coefficient (Wildman–Crippen LogP) is 3.43. The van der Waals surface area contributed by atoms with Crippen LogP contribution in [0.5, 0.6) is 0 Å². The number of esters is 1. The molecule has 0 N–H and O–H groups in total. The zero-order valence-electron chi connectivity index (χ0n) is 12.6. The number of carbonyl (C=O) groups is 3. The summed E-state index contributed by atoms with van der Waals surface area (Å²) in [4.78, 5) is 38.1. The highest BCUT2D eigenvalue weighted by Gasteiger charge is 2.37. The number of thiophene rings is 1. The monoisotopic (exact) mass is 339 g/mol. The number of amides is 2. The van der Waals surface area contributed by atoms with Gasteiger partial charge in [-0.05, 0) is 55.1 Å². The lowest BCUT2D eigenvalue weighted by Crippen LogP contribution is -2.35. The number of imide groups is 1. The normalized spacial score (nSPS) is 18.1. The molecule has 0 bridgehead atoms. The van der Waals surface area contributed by atoms with Crippen LogP contribution >= 0.6 is 23.1 Å². The number of ether oxygens (including phenoxy) is 1. The first-order valence-corrected chi connectivity index (χ1v) is 8.61. The van der Waals surface area contributed by atoms with Crippen LogP contribution in [0.2, 0.25) is 0 Å². The number of carbonyl (C=O) groups excluding carboxylic acids is 3. The summed E-state index contributed by atoms with van der Waals surface area (Å²) in [6.07, 6.45) is 2.16. The van der Waals surface area contributed by atoms with Crippen molar-refractivity contribution in [3.8, 4) is 0 Å². The first-order valence-electron chi connectivity index (χ1n) is 6.91. The van der Waals surface area contributed by atoms with E-state index in [0.29, 0.717) is 11.3 Å². The molecule has 7 heteroatoms. The van der Waals surface area contributed by atoms with Crippen LogP contribution < -0.4 is 0 Å². The Bertz CT molecular complexity index is 635. The summed E-state index contributed by atoms with van der Waals surface area (Å²) in [6.45, 7) is 5.27. The van der Waals surface area contributed by atoms with E-state index in [4.69, 9.17) is 4.74 Å². The molecule has 5 nitrogen and oxygen atoms in total. The molecule has 1 aliphatic heterocycles. The van der Waals surface area contributed by atoms with Gasteiger partial charge >= 0.3 is 5.97 Å². The Labute approximate surface area is 137 Å². The molecule has 1 aromatic heterocycles. The second-order valence-corrected chi connectivity index (χ2v) is 6.89. The summed E-state index contributed by atoms with van der Waals surface area (Å²) in [7, 11) is 0. The molecule has 1 fully saturated rings. The first kappa shape index (κ1) is 16.8. The molecular weight excluding hydrogens is 322 g/mol. The van der Waals surface area contributed by atoms with E-state index in [0.717, 1.165) is 27.1 Å². The quantitative estimate of drug-likeness (QED) is 0.607. The fraction of sp³-hybridized carbons (Fsp3) is 0.400. The lowest BCUT2D eigenvalue weighted by molar-refractivity contribution is -0.150. The summed E-state index contributed by atoms with van der Waals surface area (Å²) in [5.41, 5.74) is 1.05. The van der Waals surface area contributed by atoms with Crippen LogP contribution in [0.3, 0.4) is 0 Å². The molecule has 0 aromatic carbocycles. The summed E-state index contributed by atoms with van der Waals surface area (Å²) >= 11 is 2.36. The van der Waals surface area contributed by atoms with Crippen molar-refractivity contribution in [1.82, 2.24) is 4.90 Å². The molecule has 1 aliphatic rings. The van der Waals surface area contributed by atoms with Crippen molar-refractivity contribution in [2.24, 2.45) is 0 Å². The van der Waals surface area contributed by atoms with Gasteiger partial charge in [0.25, 0.3) is 11.1 Å². The highest BCUT2D eigenvalue weighted by Crippen LogP contribution is 2.33. The Hall–Kier alpha value is -1.60. The second kappa shape index (κ2) is 7.11. The van der Waals surface area contributed by atoms with Gasteiger partial charge in [0, 0.05) is 4.88 Å². The van der Waals surface area contributed by atoms with Crippen molar-refractivity contribution < 1.29 is 19.1 Å². The highest BCUT2D eigenvalue weighted by atomic mass is 32.2. The first-order chi connectivity index (χ1) is 10.4. The Balaban J connectivity index is 2.08. The molecular formula is C15H17NO4S2. The molecule has 22 heavy (non-hydrogen) atoms. The van der Waals surface area contributed by atoms with E-state index in [1.165, 1.54) is 11.3 Å². The average Bonchev–Trinajstić information content (AvgIpc) is 2.98. The Morgan fingerprint density at radius 3 is 2.77 bits per heavy atom. The van der Waals surface area contributed by atoms with Gasteiger partial charge in [-0.1, -0.05) is 6.92 Å². The third kappa shape index (κ3) is 3.78. The molecule has 118 valence electrons. The molecule has 2 heterocycles. The highest BCUT2D eigenvalue weighted by molar-refractivity contribution is 8.18. The van der Waals surface area contributed by atoms with Crippen molar-refractivity contribution >= 4 is 46.3 Å². The topological polar surface area (TPSA) is 63.7 Å². The molecule has 0 unspecified atom stereocenters. The van der Waals surface area contributed by atoms with Crippen molar-refractivity contribution in [3.05, 3.63) is 26.8 Å². The molecule has 2 amide bonds. The van der Waals surface area contributed by atoms with Crippen LogP contribution in [0.25, 0.3) is 6.08 Å². The van der Waals surface area contributed by atoms with Gasteiger partial charge in [-0.3, -0.25) is 19.3 Å². The lowest BCUT2D eigenvalue weighted by atomic mass is 10.2. The van der Waals surface area contributed by atoms with Crippen molar-refractivity contribution in [2.75, 3.05) is 6.54 Å². The van der Waals surface area contributed by atoms with E-state index in [9.17, 15) is 14.4 Å². The van der Waals surface area contributed by atoms with Crippen molar-refractivity contribution in [2.45, 2.75) is 33.3 Å². The Morgan fingerprint density at radius 1 is 1.45 bits per heavy atom. The zero-order chi connectivity index (χ0) is 16.3. The molecule has 1 saturated heterocycles. The third-order valence-corrected chi connectivity index (χ3v) is 5.11. The van der Waals surface area contributed by atoms with Gasteiger partial charge in [0.2, 0.25) is 0 Å². The maximum absolute atomic E-state index is 12.3. The van der Waals surface area contributed by atoms with Crippen LogP contribution in [0.4, 0.5) is 4.79 Å². The predicted molar refractivity (Wildman–Crippen MR) is 87.6 cm³/mol. The standard InChI is InChI=1S/C15H17NO4S2/c1-4-10(3)20-13(17)8-16-14(18)12(22-15(16)19)7-11-9(2)5-6-21-11/h5-7,10H,4,8H2,1-3H3/b12-7+/t10-/m0/s1. The molecule has 2 rings (SSSR count). The van der Waals surface area contributed by atoms with Gasteiger partial charge in [0.1, 0.15) is 6.54 Å². The second-order valence-electron chi connectivity index (χ2n) is 4.94. The van der Waals surface area contributed by atoms with E-state index < -0.39 is 17.1 Å². The van der Waals surface area contributed by atoms with E-state index >= 15 is 0 Å². The SMILES string of the molecule is CC[C@H](C)OC(=O)CN1C(=O)S/C(=C/c2sccc2C)C1=O. The number of nitrogens with zero attached hydrogens (tertiary/aromatic N) is 1.